The van der Waals surface area contributed by atoms with Gasteiger partial charge >= 0.3 is 0 Å². The summed E-state index contributed by atoms with van der Waals surface area (Å²) < 4.78 is 0. The minimum atomic E-state index is 0.1000. The van der Waals surface area contributed by atoms with Gasteiger partial charge in [-0.3, -0.25) is 0 Å². The lowest BCUT2D eigenvalue weighted by atomic mass is 10.0. The molecule has 0 spiro atoms. The molecule has 0 amide bonds. The lowest BCUT2D eigenvalue weighted by Crippen LogP contribution is -2.27. The van der Waals surface area contributed by atoms with Crippen LogP contribution in [0, 0.1) is 0 Å². The molecule has 110 valence electrons. The Hall–Kier alpha value is -1.67. The topological polar surface area (TPSA) is 23.5 Å². The van der Waals surface area contributed by atoms with Crippen LogP contribution in [0.25, 0.3) is 0 Å². The minimum absolute atomic E-state index is 0.1000. The number of para-hydroxylation sites is 1. The standard InChI is InChI=1S/C18H20ClNO/c1-13(16-12-15(19)9-10-18(16)21)20-11-5-4-7-14-6-2-3-8-17(14)20/h2-3,6,8-10,12-13,21H,4-5,7,11H2,1H3. The molecule has 1 N–H and O–H groups in total. The summed E-state index contributed by atoms with van der Waals surface area (Å²) in [6.45, 7) is 3.14. The second-order valence-corrected chi connectivity index (χ2v) is 6.09. The molecule has 2 aromatic rings. The van der Waals surface area contributed by atoms with Gasteiger partial charge < -0.3 is 10.0 Å². The third-order valence-corrected chi connectivity index (χ3v) is 4.54. The molecule has 1 heterocycles. The van der Waals surface area contributed by atoms with Crippen LogP contribution in [0.2, 0.25) is 5.02 Å². The Kier molecular flexibility index (Phi) is 4.07. The lowest BCUT2D eigenvalue weighted by molar-refractivity contribution is 0.460. The molecule has 1 aliphatic rings. The molecule has 0 aromatic heterocycles. The molecule has 0 aliphatic carbocycles. The van der Waals surface area contributed by atoms with E-state index in [1.54, 1.807) is 12.1 Å². The van der Waals surface area contributed by atoms with Crippen LogP contribution < -0.4 is 4.90 Å². The Bertz CT molecular complexity index is 641. The molecule has 2 aromatic carbocycles. The maximum atomic E-state index is 10.2. The van der Waals surface area contributed by atoms with E-state index in [1.165, 1.54) is 24.1 Å². The number of hydrogen-bond donors (Lipinski definition) is 1. The molecule has 0 radical (unpaired) electrons. The molecule has 0 saturated carbocycles. The normalized spacial score (nSPS) is 16.2. The van der Waals surface area contributed by atoms with Crippen LogP contribution in [0.5, 0.6) is 5.75 Å². The maximum absolute atomic E-state index is 10.2. The number of phenolic OH excluding ortho intramolecular Hbond substituents is 1. The zero-order valence-corrected chi connectivity index (χ0v) is 13.0. The van der Waals surface area contributed by atoms with Crippen molar-refractivity contribution in [1.29, 1.82) is 0 Å². The molecule has 21 heavy (non-hydrogen) atoms. The van der Waals surface area contributed by atoms with Crippen molar-refractivity contribution in [3.63, 3.8) is 0 Å². The highest BCUT2D eigenvalue weighted by molar-refractivity contribution is 6.30. The van der Waals surface area contributed by atoms with E-state index in [4.69, 9.17) is 11.6 Å². The average Bonchev–Trinajstić information content (AvgIpc) is 2.71. The first-order chi connectivity index (χ1) is 10.2. The van der Waals surface area contributed by atoms with E-state index in [2.05, 4.69) is 36.1 Å². The van der Waals surface area contributed by atoms with E-state index in [9.17, 15) is 5.11 Å². The van der Waals surface area contributed by atoms with E-state index in [-0.39, 0.29) is 6.04 Å². The Labute approximate surface area is 131 Å². The van der Waals surface area contributed by atoms with Gasteiger partial charge in [0.05, 0.1) is 6.04 Å². The number of rotatable bonds is 2. The molecule has 1 unspecified atom stereocenters. The highest BCUT2D eigenvalue weighted by Crippen LogP contribution is 2.36. The monoisotopic (exact) mass is 301 g/mol. The molecule has 3 rings (SSSR count). The van der Waals surface area contributed by atoms with Gasteiger partial charge in [-0.1, -0.05) is 29.8 Å². The van der Waals surface area contributed by atoms with Crippen molar-refractivity contribution in [2.45, 2.75) is 32.2 Å². The van der Waals surface area contributed by atoms with Crippen molar-refractivity contribution < 1.29 is 5.11 Å². The van der Waals surface area contributed by atoms with Gasteiger partial charge in [0.25, 0.3) is 0 Å². The zero-order chi connectivity index (χ0) is 14.8. The molecule has 0 saturated heterocycles. The summed E-state index contributed by atoms with van der Waals surface area (Å²) in [4.78, 5) is 2.38. The van der Waals surface area contributed by atoms with Crippen LogP contribution in [0.3, 0.4) is 0 Å². The van der Waals surface area contributed by atoms with Crippen LogP contribution in [0.15, 0.2) is 42.5 Å². The van der Waals surface area contributed by atoms with Gasteiger partial charge in [-0.05, 0) is 56.0 Å². The minimum Gasteiger partial charge on any atom is -0.508 e. The van der Waals surface area contributed by atoms with Crippen LogP contribution >= 0.6 is 11.6 Å². The van der Waals surface area contributed by atoms with E-state index in [0.717, 1.165) is 18.5 Å². The largest absolute Gasteiger partial charge is 0.508 e. The first kappa shape index (κ1) is 14.3. The van der Waals surface area contributed by atoms with E-state index in [1.807, 2.05) is 6.07 Å². The number of nitrogens with zero attached hydrogens (tertiary/aromatic N) is 1. The predicted molar refractivity (Wildman–Crippen MR) is 88.3 cm³/mol. The molecule has 0 fully saturated rings. The van der Waals surface area contributed by atoms with Crippen molar-refractivity contribution in [3.05, 3.63) is 58.6 Å². The number of hydrogen-bond acceptors (Lipinski definition) is 2. The molecular formula is C18H20ClNO. The summed E-state index contributed by atoms with van der Waals surface area (Å²) in [7, 11) is 0. The van der Waals surface area contributed by atoms with Gasteiger partial charge in [0, 0.05) is 22.8 Å². The second kappa shape index (κ2) is 5.98. The summed E-state index contributed by atoms with van der Waals surface area (Å²) in [5, 5.41) is 10.8. The van der Waals surface area contributed by atoms with Crippen LogP contribution in [-0.4, -0.2) is 11.7 Å². The number of halogens is 1. The molecule has 0 bridgehead atoms. The van der Waals surface area contributed by atoms with Gasteiger partial charge in [-0.2, -0.15) is 0 Å². The Morgan fingerprint density at radius 1 is 1.14 bits per heavy atom. The highest BCUT2D eigenvalue weighted by atomic mass is 35.5. The third kappa shape index (κ3) is 2.86. The maximum Gasteiger partial charge on any atom is 0.120 e. The molecule has 3 heteroatoms. The highest BCUT2D eigenvalue weighted by Gasteiger charge is 2.22. The summed E-state index contributed by atoms with van der Waals surface area (Å²) in [6.07, 6.45) is 3.50. The van der Waals surface area contributed by atoms with E-state index < -0.39 is 0 Å². The van der Waals surface area contributed by atoms with E-state index >= 15 is 0 Å². The van der Waals surface area contributed by atoms with Crippen LogP contribution in [0.4, 0.5) is 5.69 Å². The van der Waals surface area contributed by atoms with Gasteiger partial charge in [-0.15, -0.1) is 0 Å². The molecular weight excluding hydrogens is 282 g/mol. The Morgan fingerprint density at radius 2 is 1.95 bits per heavy atom. The summed E-state index contributed by atoms with van der Waals surface area (Å²) in [6, 6.07) is 13.9. The van der Waals surface area contributed by atoms with Crippen molar-refractivity contribution in [2.75, 3.05) is 11.4 Å². The van der Waals surface area contributed by atoms with Crippen molar-refractivity contribution >= 4 is 17.3 Å². The SMILES string of the molecule is CC(c1cc(Cl)ccc1O)N1CCCCc2ccccc21. The first-order valence-corrected chi connectivity index (χ1v) is 7.87. The Balaban J connectivity index is 2.01. The van der Waals surface area contributed by atoms with Gasteiger partial charge in [0.15, 0.2) is 0 Å². The third-order valence-electron chi connectivity index (χ3n) is 4.30. The molecule has 1 atom stereocenters. The fourth-order valence-electron chi connectivity index (χ4n) is 3.15. The summed E-state index contributed by atoms with van der Waals surface area (Å²) in [5.41, 5.74) is 3.56. The van der Waals surface area contributed by atoms with Gasteiger partial charge in [0.1, 0.15) is 5.75 Å². The summed E-state index contributed by atoms with van der Waals surface area (Å²) in [5.74, 6) is 0.314. The molecule has 2 nitrogen and oxygen atoms in total. The fourth-order valence-corrected chi connectivity index (χ4v) is 3.33. The Morgan fingerprint density at radius 3 is 2.81 bits per heavy atom. The number of aromatic hydroxyl groups is 1. The van der Waals surface area contributed by atoms with Crippen LogP contribution in [-0.2, 0) is 6.42 Å². The number of phenols is 1. The second-order valence-electron chi connectivity index (χ2n) is 5.66. The first-order valence-electron chi connectivity index (χ1n) is 7.50. The number of benzene rings is 2. The average molecular weight is 302 g/mol. The quantitative estimate of drug-likeness (QED) is 0.848. The van der Waals surface area contributed by atoms with Crippen LogP contribution in [0.1, 0.15) is 36.9 Å². The molecule has 1 aliphatic heterocycles. The number of aryl methyl sites for hydroxylation is 1. The lowest BCUT2D eigenvalue weighted by Gasteiger charge is -2.32. The smallest absolute Gasteiger partial charge is 0.120 e. The fraction of sp³-hybridized carbons (Fsp3) is 0.333. The van der Waals surface area contributed by atoms with Gasteiger partial charge in [0.2, 0.25) is 0 Å². The predicted octanol–water partition coefficient (Wildman–Crippen LogP) is 4.95. The number of anilines is 1. The van der Waals surface area contributed by atoms with Crippen molar-refractivity contribution in [1.82, 2.24) is 0 Å². The summed E-state index contributed by atoms with van der Waals surface area (Å²) >= 11 is 6.10. The zero-order valence-electron chi connectivity index (χ0n) is 12.2. The van der Waals surface area contributed by atoms with Gasteiger partial charge in [-0.25, -0.2) is 0 Å². The van der Waals surface area contributed by atoms with E-state index in [0.29, 0.717) is 10.8 Å². The van der Waals surface area contributed by atoms with Crippen molar-refractivity contribution in [3.8, 4) is 5.75 Å². The van der Waals surface area contributed by atoms with Crippen molar-refractivity contribution in [2.24, 2.45) is 0 Å². The number of fused-ring (bicyclic) bond motifs is 1.